The first-order valence-corrected chi connectivity index (χ1v) is 5.91. The maximum atomic E-state index is 5.44. The lowest BCUT2D eigenvalue weighted by molar-refractivity contribution is 0.456. The van der Waals surface area contributed by atoms with Gasteiger partial charge in [0.2, 0.25) is 5.89 Å². The van der Waals surface area contributed by atoms with Crippen LogP contribution in [0.5, 0.6) is 0 Å². The van der Waals surface area contributed by atoms with E-state index in [1.807, 2.05) is 0 Å². The van der Waals surface area contributed by atoms with E-state index in [4.69, 9.17) is 4.42 Å². The van der Waals surface area contributed by atoms with E-state index < -0.39 is 0 Å². The number of anilines is 1. The summed E-state index contributed by atoms with van der Waals surface area (Å²) < 4.78 is 5.44. The highest BCUT2D eigenvalue weighted by Crippen LogP contribution is 2.07. The Bertz CT molecular complexity index is 298. The second-order valence-electron chi connectivity index (χ2n) is 4.48. The first kappa shape index (κ1) is 13.0. The normalized spacial score (nSPS) is 13.1. The summed E-state index contributed by atoms with van der Waals surface area (Å²) in [6.45, 7) is 10.1. The molecule has 0 spiro atoms. The summed E-state index contributed by atoms with van der Waals surface area (Å²) in [7, 11) is 0. The number of hydrogen-bond acceptors (Lipinski definition) is 5. The van der Waals surface area contributed by atoms with E-state index in [-0.39, 0.29) is 0 Å². The summed E-state index contributed by atoms with van der Waals surface area (Å²) in [5, 5.41) is 14.3. The van der Waals surface area contributed by atoms with Gasteiger partial charge < -0.3 is 15.1 Å². The average Bonchev–Trinajstić information content (AvgIpc) is 2.65. The number of aromatic nitrogens is 2. The maximum Gasteiger partial charge on any atom is 0.315 e. The van der Waals surface area contributed by atoms with Gasteiger partial charge >= 0.3 is 6.01 Å². The Balaban J connectivity index is 2.33. The first-order chi connectivity index (χ1) is 7.61. The molecule has 0 aromatic carbocycles. The fourth-order valence-electron chi connectivity index (χ4n) is 1.16. The lowest BCUT2D eigenvalue weighted by atomic mass is 10.2. The van der Waals surface area contributed by atoms with Crippen LogP contribution >= 0.6 is 0 Å². The van der Waals surface area contributed by atoms with Gasteiger partial charge in [0.1, 0.15) is 0 Å². The quantitative estimate of drug-likeness (QED) is 0.744. The Kier molecular flexibility index (Phi) is 5.25. The van der Waals surface area contributed by atoms with Gasteiger partial charge in [0, 0.05) is 6.04 Å². The predicted octanol–water partition coefficient (Wildman–Crippen LogP) is 2.03. The molecule has 0 amide bonds. The zero-order valence-corrected chi connectivity index (χ0v) is 10.6. The third-order valence-electron chi connectivity index (χ3n) is 2.28. The van der Waals surface area contributed by atoms with Crippen molar-refractivity contribution >= 4 is 6.01 Å². The summed E-state index contributed by atoms with van der Waals surface area (Å²) in [4.78, 5) is 0. The van der Waals surface area contributed by atoms with Gasteiger partial charge in [-0.3, -0.25) is 0 Å². The molecule has 5 heteroatoms. The van der Waals surface area contributed by atoms with Crippen molar-refractivity contribution in [2.24, 2.45) is 5.92 Å². The fraction of sp³-hybridized carbons (Fsp3) is 0.818. The Labute approximate surface area is 97.0 Å². The third kappa shape index (κ3) is 4.61. The summed E-state index contributed by atoms with van der Waals surface area (Å²) in [6.07, 6.45) is 1.03. The summed E-state index contributed by atoms with van der Waals surface area (Å²) in [5.41, 5.74) is 0. The van der Waals surface area contributed by atoms with Crippen molar-refractivity contribution in [1.29, 1.82) is 0 Å². The zero-order valence-electron chi connectivity index (χ0n) is 10.6. The monoisotopic (exact) mass is 226 g/mol. The van der Waals surface area contributed by atoms with Crippen LogP contribution in [-0.2, 0) is 6.54 Å². The van der Waals surface area contributed by atoms with E-state index >= 15 is 0 Å². The van der Waals surface area contributed by atoms with Crippen molar-refractivity contribution in [3.8, 4) is 0 Å². The van der Waals surface area contributed by atoms with Gasteiger partial charge in [-0.05, 0) is 25.8 Å². The van der Waals surface area contributed by atoms with Gasteiger partial charge in [-0.25, -0.2) is 0 Å². The van der Waals surface area contributed by atoms with Gasteiger partial charge in [0.15, 0.2) is 0 Å². The van der Waals surface area contributed by atoms with Gasteiger partial charge in [0.25, 0.3) is 0 Å². The first-order valence-electron chi connectivity index (χ1n) is 5.91. The Morgan fingerprint density at radius 2 is 2.00 bits per heavy atom. The molecule has 16 heavy (non-hydrogen) atoms. The van der Waals surface area contributed by atoms with Crippen LogP contribution in [0.3, 0.4) is 0 Å². The number of rotatable bonds is 7. The summed E-state index contributed by atoms with van der Waals surface area (Å²) in [6, 6.07) is 0.868. The van der Waals surface area contributed by atoms with Crippen molar-refractivity contribution in [3.05, 3.63) is 5.89 Å². The van der Waals surface area contributed by atoms with E-state index in [0.29, 0.717) is 30.4 Å². The minimum atomic E-state index is 0.358. The van der Waals surface area contributed by atoms with Crippen molar-refractivity contribution < 1.29 is 4.42 Å². The summed E-state index contributed by atoms with van der Waals surface area (Å²) in [5.74, 6) is 1.26. The van der Waals surface area contributed by atoms with Gasteiger partial charge in [-0.15, -0.1) is 5.10 Å². The van der Waals surface area contributed by atoms with E-state index in [2.05, 4.69) is 48.5 Å². The van der Waals surface area contributed by atoms with Crippen LogP contribution in [0.1, 0.15) is 40.0 Å². The highest BCUT2D eigenvalue weighted by atomic mass is 16.4. The van der Waals surface area contributed by atoms with Crippen LogP contribution in [0.15, 0.2) is 4.42 Å². The van der Waals surface area contributed by atoms with Gasteiger partial charge in [-0.1, -0.05) is 25.9 Å². The number of nitrogens with one attached hydrogen (secondary N) is 2. The Hall–Kier alpha value is -1.10. The molecular formula is C11H22N4O. The minimum absolute atomic E-state index is 0.358. The SMILES string of the molecule is CCC(C)Nc1nnc(CNCC(C)C)o1. The summed E-state index contributed by atoms with van der Waals surface area (Å²) >= 11 is 0. The lowest BCUT2D eigenvalue weighted by Gasteiger charge is -2.07. The van der Waals surface area contributed by atoms with Crippen molar-refractivity contribution in [2.45, 2.75) is 46.7 Å². The van der Waals surface area contributed by atoms with E-state index in [1.165, 1.54) is 0 Å². The number of nitrogens with zero attached hydrogens (tertiary/aromatic N) is 2. The molecule has 1 unspecified atom stereocenters. The van der Waals surface area contributed by atoms with Crippen LogP contribution in [0.2, 0.25) is 0 Å². The van der Waals surface area contributed by atoms with Crippen molar-refractivity contribution in [3.63, 3.8) is 0 Å². The highest BCUT2D eigenvalue weighted by Gasteiger charge is 2.07. The van der Waals surface area contributed by atoms with Crippen LogP contribution in [-0.4, -0.2) is 22.8 Å². The molecule has 1 rings (SSSR count). The van der Waals surface area contributed by atoms with Crippen LogP contribution in [0.25, 0.3) is 0 Å². The average molecular weight is 226 g/mol. The molecule has 1 heterocycles. The van der Waals surface area contributed by atoms with Gasteiger partial charge in [-0.2, -0.15) is 0 Å². The van der Waals surface area contributed by atoms with E-state index in [1.54, 1.807) is 0 Å². The molecule has 2 N–H and O–H groups in total. The molecule has 1 aromatic rings. The standard InChI is InChI=1S/C11H22N4O/c1-5-9(4)13-11-15-14-10(16-11)7-12-6-8(2)3/h8-9,12H,5-7H2,1-4H3,(H,13,15). The fourth-order valence-corrected chi connectivity index (χ4v) is 1.16. The molecule has 92 valence electrons. The molecule has 0 fully saturated rings. The molecule has 0 bridgehead atoms. The Morgan fingerprint density at radius 1 is 1.25 bits per heavy atom. The largest absolute Gasteiger partial charge is 0.407 e. The smallest absolute Gasteiger partial charge is 0.315 e. The zero-order chi connectivity index (χ0) is 12.0. The highest BCUT2D eigenvalue weighted by molar-refractivity contribution is 5.18. The lowest BCUT2D eigenvalue weighted by Crippen LogP contribution is -2.19. The van der Waals surface area contributed by atoms with Crippen LogP contribution < -0.4 is 10.6 Å². The van der Waals surface area contributed by atoms with Gasteiger partial charge in [0.05, 0.1) is 6.54 Å². The molecule has 1 atom stereocenters. The molecular weight excluding hydrogens is 204 g/mol. The van der Waals surface area contributed by atoms with Crippen molar-refractivity contribution in [1.82, 2.24) is 15.5 Å². The van der Waals surface area contributed by atoms with Crippen LogP contribution in [0.4, 0.5) is 6.01 Å². The van der Waals surface area contributed by atoms with E-state index in [9.17, 15) is 0 Å². The molecule has 0 aliphatic carbocycles. The second kappa shape index (κ2) is 6.48. The van der Waals surface area contributed by atoms with E-state index in [0.717, 1.165) is 13.0 Å². The molecule has 0 saturated carbocycles. The second-order valence-corrected chi connectivity index (χ2v) is 4.48. The Morgan fingerprint density at radius 3 is 2.62 bits per heavy atom. The minimum Gasteiger partial charge on any atom is -0.407 e. The molecule has 1 aromatic heterocycles. The maximum absolute atomic E-state index is 5.44. The third-order valence-corrected chi connectivity index (χ3v) is 2.28. The molecule has 0 aliphatic heterocycles. The predicted molar refractivity (Wildman–Crippen MR) is 64.2 cm³/mol. The molecule has 0 aliphatic rings. The topological polar surface area (TPSA) is 63.0 Å². The molecule has 0 saturated heterocycles. The number of hydrogen-bond donors (Lipinski definition) is 2. The molecule has 0 radical (unpaired) electrons. The van der Waals surface area contributed by atoms with Crippen LogP contribution in [0, 0.1) is 5.92 Å². The van der Waals surface area contributed by atoms with Crippen molar-refractivity contribution in [2.75, 3.05) is 11.9 Å². The molecule has 5 nitrogen and oxygen atoms in total.